The molecule has 0 spiro atoms. The molecule has 4 nitrogen and oxygen atoms in total. The maximum atomic E-state index is 12.1. The van der Waals surface area contributed by atoms with Crippen molar-refractivity contribution in [2.75, 3.05) is 13.7 Å². The Morgan fingerprint density at radius 1 is 1.27 bits per heavy atom. The lowest BCUT2D eigenvalue weighted by Gasteiger charge is -2.10. The number of carbonyl (C=O) groups is 2. The zero-order valence-corrected chi connectivity index (χ0v) is 13.5. The number of Topliss-reactive ketones (excluding diaryl/α,β-unsaturated/α-hetero) is 1. The number of rotatable bonds is 7. The number of halogens is 1. The number of ketones is 1. The van der Waals surface area contributed by atoms with Crippen LogP contribution in [0.5, 0.6) is 5.75 Å². The summed E-state index contributed by atoms with van der Waals surface area (Å²) in [6, 6.07) is 5.39. The second kappa shape index (κ2) is 8.18. The van der Waals surface area contributed by atoms with Crippen LogP contribution < -0.4 is 4.74 Å². The largest absolute Gasteiger partial charge is 0.480 e. The lowest BCUT2D eigenvalue weighted by Crippen LogP contribution is -2.13. The third-order valence-corrected chi connectivity index (χ3v) is 4.34. The molecule has 1 aliphatic rings. The van der Waals surface area contributed by atoms with Crippen LogP contribution >= 0.6 is 11.6 Å². The van der Waals surface area contributed by atoms with Crippen LogP contribution in [-0.2, 0) is 20.7 Å². The average Bonchev–Trinajstić information content (AvgIpc) is 3.05. The van der Waals surface area contributed by atoms with Gasteiger partial charge in [0.15, 0.2) is 6.61 Å². The molecule has 0 N–H and O–H groups in total. The van der Waals surface area contributed by atoms with Crippen LogP contribution in [-0.4, -0.2) is 25.5 Å². The second-order valence-corrected chi connectivity index (χ2v) is 5.98. The van der Waals surface area contributed by atoms with Crippen molar-refractivity contribution in [2.45, 2.75) is 38.5 Å². The van der Waals surface area contributed by atoms with E-state index in [9.17, 15) is 9.59 Å². The van der Waals surface area contributed by atoms with E-state index in [0.717, 1.165) is 18.4 Å². The van der Waals surface area contributed by atoms with E-state index in [1.165, 1.54) is 20.0 Å². The summed E-state index contributed by atoms with van der Waals surface area (Å²) in [4.78, 5) is 23.1. The zero-order chi connectivity index (χ0) is 15.9. The van der Waals surface area contributed by atoms with Crippen molar-refractivity contribution >= 4 is 23.4 Å². The molecule has 0 aliphatic heterocycles. The van der Waals surface area contributed by atoms with Crippen LogP contribution in [0.3, 0.4) is 0 Å². The van der Waals surface area contributed by atoms with Gasteiger partial charge in [-0.15, -0.1) is 0 Å². The van der Waals surface area contributed by atoms with Gasteiger partial charge < -0.3 is 9.47 Å². The van der Waals surface area contributed by atoms with Crippen molar-refractivity contribution in [1.82, 2.24) is 0 Å². The summed E-state index contributed by atoms with van der Waals surface area (Å²) in [5.41, 5.74) is 1.00. The molecule has 120 valence electrons. The molecular formula is C17H21ClO4. The van der Waals surface area contributed by atoms with Crippen molar-refractivity contribution in [1.29, 1.82) is 0 Å². The van der Waals surface area contributed by atoms with E-state index in [2.05, 4.69) is 4.74 Å². The summed E-state index contributed by atoms with van der Waals surface area (Å²) >= 11 is 6.14. The Morgan fingerprint density at radius 2 is 2.00 bits per heavy atom. The van der Waals surface area contributed by atoms with E-state index in [4.69, 9.17) is 16.3 Å². The molecule has 2 rings (SSSR count). The van der Waals surface area contributed by atoms with E-state index in [0.29, 0.717) is 29.4 Å². The number of hydrogen-bond acceptors (Lipinski definition) is 4. The average molecular weight is 325 g/mol. The van der Waals surface area contributed by atoms with Gasteiger partial charge in [-0.3, -0.25) is 4.79 Å². The summed E-state index contributed by atoms with van der Waals surface area (Å²) in [5, 5.41) is 0.440. The molecule has 1 aromatic rings. The minimum atomic E-state index is -0.456. The van der Waals surface area contributed by atoms with Crippen LogP contribution in [0.15, 0.2) is 18.2 Å². The molecule has 1 fully saturated rings. The second-order valence-electron chi connectivity index (χ2n) is 5.58. The lowest BCUT2D eigenvalue weighted by molar-refractivity contribution is -0.142. The maximum absolute atomic E-state index is 12.1. The minimum Gasteiger partial charge on any atom is -0.480 e. The number of esters is 1. The fraction of sp³-hybridized carbons (Fsp3) is 0.529. The molecule has 0 heterocycles. The number of aryl methyl sites for hydroxylation is 1. The van der Waals surface area contributed by atoms with Crippen LogP contribution in [0.1, 0.15) is 37.7 Å². The minimum absolute atomic E-state index is 0.171. The normalized spacial score (nSPS) is 14.8. The number of benzene rings is 1. The van der Waals surface area contributed by atoms with Gasteiger partial charge in [-0.25, -0.2) is 4.79 Å². The van der Waals surface area contributed by atoms with Gasteiger partial charge in [0.25, 0.3) is 0 Å². The highest BCUT2D eigenvalue weighted by Gasteiger charge is 2.22. The predicted octanol–water partition coefficient (Wildman–Crippen LogP) is 3.58. The highest BCUT2D eigenvalue weighted by Crippen LogP contribution is 2.28. The smallest absolute Gasteiger partial charge is 0.343 e. The standard InChI is InChI=1S/C17H21ClO4/c1-21-17(20)11-22-16-9-7-12(10-14(16)18)6-8-15(19)13-4-2-3-5-13/h7,9-10,13H,2-6,8,11H2,1H3. The molecule has 1 aliphatic carbocycles. The molecule has 0 bridgehead atoms. The molecule has 0 saturated heterocycles. The van der Waals surface area contributed by atoms with Gasteiger partial charge in [-0.2, -0.15) is 0 Å². The number of methoxy groups -OCH3 is 1. The molecule has 0 unspecified atom stereocenters. The van der Waals surface area contributed by atoms with Gasteiger partial charge >= 0.3 is 5.97 Å². The van der Waals surface area contributed by atoms with Crippen molar-refractivity contribution in [3.63, 3.8) is 0 Å². The molecular weight excluding hydrogens is 304 g/mol. The SMILES string of the molecule is COC(=O)COc1ccc(CCC(=O)C2CCCC2)cc1Cl. The summed E-state index contributed by atoms with van der Waals surface area (Å²) in [7, 11) is 1.30. The summed E-state index contributed by atoms with van der Waals surface area (Å²) < 4.78 is 9.78. The van der Waals surface area contributed by atoms with E-state index >= 15 is 0 Å². The van der Waals surface area contributed by atoms with Crippen LogP contribution in [0, 0.1) is 5.92 Å². The highest BCUT2D eigenvalue weighted by molar-refractivity contribution is 6.32. The predicted molar refractivity (Wildman–Crippen MR) is 84.2 cm³/mol. The van der Waals surface area contributed by atoms with E-state index in [1.54, 1.807) is 12.1 Å². The van der Waals surface area contributed by atoms with Gasteiger partial charge in [0.2, 0.25) is 0 Å². The Kier molecular flexibility index (Phi) is 6.25. The Hall–Kier alpha value is -1.55. The Bertz CT molecular complexity index is 535. The first-order valence-electron chi connectivity index (χ1n) is 7.61. The zero-order valence-electron chi connectivity index (χ0n) is 12.8. The molecule has 5 heteroatoms. The van der Waals surface area contributed by atoms with Crippen molar-refractivity contribution < 1.29 is 19.1 Å². The molecule has 0 radical (unpaired) electrons. The van der Waals surface area contributed by atoms with Gasteiger partial charge in [0, 0.05) is 12.3 Å². The van der Waals surface area contributed by atoms with Crippen LogP contribution in [0.25, 0.3) is 0 Å². The highest BCUT2D eigenvalue weighted by atomic mass is 35.5. The summed E-state index contributed by atoms with van der Waals surface area (Å²) in [6.07, 6.45) is 5.68. The van der Waals surface area contributed by atoms with Crippen molar-refractivity contribution in [3.8, 4) is 5.75 Å². The third-order valence-electron chi connectivity index (χ3n) is 4.04. The fourth-order valence-electron chi connectivity index (χ4n) is 2.73. The van der Waals surface area contributed by atoms with E-state index < -0.39 is 5.97 Å². The first kappa shape index (κ1) is 16.8. The van der Waals surface area contributed by atoms with Crippen LogP contribution in [0.4, 0.5) is 0 Å². The van der Waals surface area contributed by atoms with E-state index in [-0.39, 0.29) is 12.5 Å². The fourth-order valence-corrected chi connectivity index (χ4v) is 2.99. The van der Waals surface area contributed by atoms with Gasteiger partial charge in [-0.05, 0) is 37.0 Å². The molecule has 22 heavy (non-hydrogen) atoms. The van der Waals surface area contributed by atoms with Crippen molar-refractivity contribution in [3.05, 3.63) is 28.8 Å². The first-order valence-corrected chi connectivity index (χ1v) is 7.98. The first-order chi connectivity index (χ1) is 10.6. The summed E-state index contributed by atoms with van der Waals surface area (Å²) in [5.74, 6) is 0.609. The molecule has 0 aromatic heterocycles. The molecule has 0 atom stereocenters. The number of carbonyl (C=O) groups excluding carboxylic acids is 2. The van der Waals surface area contributed by atoms with Crippen LogP contribution in [0.2, 0.25) is 5.02 Å². The number of ether oxygens (including phenoxy) is 2. The lowest BCUT2D eigenvalue weighted by atomic mass is 9.97. The molecule has 0 amide bonds. The quantitative estimate of drug-likeness (QED) is 0.719. The third kappa shape index (κ3) is 4.73. The monoisotopic (exact) mass is 324 g/mol. The number of hydrogen-bond donors (Lipinski definition) is 0. The van der Waals surface area contributed by atoms with Gasteiger partial charge in [0.1, 0.15) is 11.5 Å². The van der Waals surface area contributed by atoms with Gasteiger partial charge in [0.05, 0.1) is 12.1 Å². The topological polar surface area (TPSA) is 52.6 Å². The Balaban J connectivity index is 1.86. The maximum Gasteiger partial charge on any atom is 0.343 e. The Morgan fingerprint density at radius 3 is 2.64 bits per heavy atom. The van der Waals surface area contributed by atoms with Crippen molar-refractivity contribution in [2.24, 2.45) is 5.92 Å². The van der Waals surface area contributed by atoms with Gasteiger partial charge in [-0.1, -0.05) is 30.5 Å². The summed E-state index contributed by atoms with van der Waals surface area (Å²) in [6.45, 7) is -0.171. The van der Waals surface area contributed by atoms with E-state index in [1.807, 2.05) is 6.07 Å². The molecule has 1 saturated carbocycles. The Labute approximate surface area is 135 Å². The molecule has 1 aromatic carbocycles.